The zero-order valence-electron chi connectivity index (χ0n) is 12.3. The van der Waals surface area contributed by atoms with E-state index in [-0.39, 0.29) is 5.56 Å². The Morgan fingerprint density at radius 3 is 2.76 bits per heavy atom. The average Bonchev–Trinajstić information content (AvgIpc) is 2.86. The van der Waals surface area contributed by atoms with Crippen molar-refractivity contribution in [2.24, 2.45) is 0 Å². The van der Waals surface area contributed by atoms with E-state index >= 15 is 0 Å². The molecule has 0 unspecified atom stereocenters. The molecule has 1 heterocycles. The Bertz CT molecular complexity index is 636. The smallest absolute Gasteiger partial charge is 0.335 e. The summed E-state index contributed by atoms with van der Waals surface area (Å²) in [5.41, 5.74) is 7.54. The number of anilines is 2. The van der Waals surface area contributed by atoms with Crippen molar-refractivity contribution in [1.82, 2.24) is 9.55 Å². The average molecular weight is 288 g/mol. The van der Waals surface area contributed by atoms with E-state index in [1.165, 1.54) is 6.07 Å². The third-order valence-electron chi connectivity index (χ3n) is 3.53. The van der Waals surface area contributed by atoms with E-state index in [0.29, 0.717) is 5.69 Å². The minimum atomic E-state index is -0.967. The lowest BCUT2D eigenvalue weighted by atomic mass is 10.1. The molecule has 0 spiro atoms. The van der Waals surface area contributed by atoms with Crippen molar-refractivity contribution in [3.8, 4) is 0 Å². The number of carboxylic acids is 1. The van der Waals surface area contributed by atoms with Crippen molar-refractivity contribution in [3.63, 3.8) is 0 Å². The zero-order chi connectivity index (χ0) is 15.4. The van der Waals surface area contributed by atoms with Crippen LogP contribution in [0.25, 0.3) is 0 Å². The lowest BCUT2D eigenvalue weighted by molar-refractivity contribution is 0.0697. The molecule has 0 radical (unpaired) electrons. The van der Waals surface area contributed by atoms with Gasteiger partial charge >= 0.3 is 5.97 Å². The van der Waals surface area contributed by atoms with Gasteiger partial charge < -0.3 is 20.3 Å². The molecule has 0 aliphatic carbocycles. The molecule has 112 valence electrons. The van der Waals surface area contributed by atoms with Gasteiger partial charge in [0.1, 0.15) is 5.82 Å². The molecule has 0 atom stereocenters. The molecule has 0 saturated heterocycles. The number of nitrogens with zero attached hydrogens (tertiary/aromatic N) is 3. The van der Waals surface area contributed by atoms with Gasteiger partial charge in [0.05, 0.1) is 16.9 Å². The maximum absolute atomic E-state index is 10.9. The predicted octanol–water partition coefficient (Wildman–Crippen LogP) is 2.00. The van der Waals surface area contributed by atoms with E-state index in [1.807, 2.05) is 20.0 Å². The van der Waals surface area contributed by atoms with Crippen LogP contribution >= 0.6 is 0 Å². The molecule has 0 bridgehead atoms. The number of aromatic nitrogens is 2. The molecule has 6 heteroatoms. The Morgan fingerprint density at radius 2 is 2.24 bits per heavy atom. The largest absolute Gasteiger partial charge is 0.478 e. The molecule has 0 aliphatic heterocycles. The zero-order valence-corrected chi connectivity index (χ0v) is 12.3. The van der Waals surface area contributed by atoms with Crippen LogP contribution < -0.4 is 10.6 Å². The lowest BCUT2D eigenvalue weighted by Gasteiger charge is -2.25. The highest BCUT2D eigenvalue weighted by Crippen LogP contribution is 2.24. The van der Waals surface area contributed by atoms with Crippen LogP contribution in [0.5, 0.6) is 0 Å². The molecule has 1 aromatic heterocycles. The Balaban J connectivity index is 2.14. The number of aromatic carboxylic acids is 1. The number of hydrogen-bond donors (Lipinski definition) is 2. The molecular weight excluding hydrogens is 268 g/mol. The van der Waals surface area contributed by atoms with Crippen LogP contribution in [0.2, 0.25) is 0 Å². The first-order chi connectivity index (χ1) is 10.0. The standard InChI is InChI=1S/C15H20N4O2/c1-3-18(8-9-19-7-6-17-11(19)2)14-5-4-12(15(20)21)10-13(14)16/h4-7,10H,3,8-9,16H2,1-2H3,(H,20,21). The van der Waals surface area contributed by atoms with Crippen LogP contribution in [0.4, 0.5) is 11.4 Å². The van der Waals surface area contributed by atoms with Gasteiger partial charge in [-0.1, -0.05) is 0 Å². The van der Waals surface area contributed by atoms with Gasteiger partial charge in [0.25, 0.3) is 0 Å². The monoisotopic (exact) mass is 288 g/mol. The van der Waals surface area contributed by atoms with Gasteiger partial charge in [0.15, 0.2) is 0 Å². The maximum Gasteiger partial charge on any atom is 0.335 e. The molecule has 6 nitrogen and oxygen atoms in total. The maximum atomic E-state index is 10.9. The van der Waals surface area contributed by atoms with Gasteiger partial charge in [-0.2, -0.15) is 0 Å². The number of carbonyl (C=O) groups is 1. The number of aryl methyl sites for hydroxylation is 1. The van der Waals surface area contributed by atoms with Crippen LogP contribution in [0.1, 0.15) is 23.1 Å². The first-order valence-corrected chi connectivity index (χ1v) is 6.88. The van der Waals surface area contributed by atoms with Crippen LogP contribution in [-0.4, -0.2) is 33.7 Å². The van der Waals surface area contributed by atoms with Gasteiger partial charge in [-0.15, -0.1) is 0 Å². The summed E-state index contributed by atoms with van der Waals surface area (Å²) >= 11 is 0. The quantitative estimate of drug-likeness (QED) is 0.794. The minimum Gasteiger partial charge on any atom is -0.478 e. The van der Waals surface area contributed by atoms with Gasteiger partial charge in [-0.05, 0) is 32.0 Å². The molecule has 2 rings (SSSR count). The summed E-state index contributed by atoms with van der Waals surface area (Å²) < 4.78 is 2.07. The number of benzene rings is 1. The van der Waals surface area contributed by atoms with Crippen molar-refractivity contribution in [3.05, 3.63) is 42.0 Å². The summed E-state index contributed by atoms with van der Waals surface area (Å²) in [4.78, 5) is 17.3. The topological polar surface area (TPSA) is 84.4 Å². The number of carboxylic acid groups (broad SMARTS) is 1. The molecule has 1 aromatic carbocycles. The Kier molecular flexibility index (Phi) is 4.47. The van der Waals surface area contributed by atoms with E-state index in [9.17, 15) is 4.79 Å². The van der Waals surface area contributed by atoms with Crippen LogP contribution in [0.15, 0.2) is 30.6 Å². The van der Waals surface area contributed by atoms with Crippen LogP contribution in [-0.2, 0) is 6.54 Å². The lowest BCUT2D eigenvalue weighted by Crippen LogP contribution is -2.28. The van der Waals surface area contributed by atoms with Crippen molar-refractivity contribution in [2.45, 2.75) is 20.4 Å². The van der Waals surface area contributed by atoms with Crippen molar-refractivity contribution in [2.75, 3.05) is 23.7 Å². The molecule has 0 amide bonds. The number of likely N-dealkylation sites (N-methyl/N-ethyl adjacent to an activating group) is 1. The second kappa shape index (κ2) is 6.30. The number of rotatable bonds is 6. The fourth-order valence-corrected chi connectivity index (χ4v) is 2.29. The molecule has 0 aliphatic rings. The van der Waals surface area contributed by atoms with Gasteiger partial charge in [-0.25, -0.2) is 9.78 Å². The fourth-order valence-electron chi connectivity index (χ4n) is 2.29. The fraction of sp³-hybridized carbons (Fsp3) is 0.333. The van der Waals surface area contributed by atoms with E-state index in [4.69, 9.17) is 10.8 Å². The van der Waals surface area contributed by atoms with E-state index in [2.05, 4.69) is 14.5 Å². The SMILES string of the molecule is CCN(CCn1ccnc1C)c1ccc(C(=O)O)cc1N. The van der Waals surface area contributed by atoms with Gasteiger partial charge in [0, 0.05) is 32.0 Å². The summed E-state index contributed by atoms with van der Waals surface area (Å²) in [6.07, 6.45) is 3.72. The molecule has 3 N–H and O–H groups in total. The van der Waals surface area contributed by atoms with Crippen molar-refractivity contribution >= 4 is 17.3 Å². The summed E-state index contributed by atoms with van der Waals surface area (Å²) in [6.45, 7) is 6.39. The molecular formula is C15H20N4O2. The van der Waals surface area contributed by atoms with Gasteiger partial charge in [0.2, 0.25) is 0 Å². The van der Waals surface area contributed by atoms with E-state index in [1.54, 1.807) is 18.3 Å². The summed E-state index contributed by atoms with van der Waals surface area (Å²) in [5.74, 6) is 0.00517. The second-order valence-electron chi connectivity index (χ2n) is 4.83. The normalized spacial score (nSPS) is 10.6. The first-order valence-electron chi connectivity index (χ1n) is 6.88. The summed E-state index contributed by atoms with van der Waals surface area (Å²) in [6, 6.07) is 4.85. The van der Waals surface area contributed by atoms with Crippen LogP contribution in [0.3, 0.4) is 0 Å². The number of nitrogens with two attached hydrogens (primary N) is 1. The highest BCUT2D eigenvalue weighted by molar-refractivity contribution is 5.90. The third-order valence-corrected chi connectivity index (χ3v) is 3.53. The van der Waals surface area contributed by atoms with Crippen LogP contribution in [0, 0.1) is 6.92 Å². The summed E-state index contributed by atoms with van der Waals surface area (Å²) in [7, 11) is 0. The second-order valence-corrected chi connectivity index (χ2v) is 4.83. The summed E-state index contributed by atoms with van der Waals surface area (Å²) in [5, 5.41) is 8.98. The Hall–Kier alpha value is -2.50. The predicted molar refractivity (Wildman–Crippen MR) is 82.7 cm³/mol. The van der Waals surface area contributed by atoms with Gasteiger partial charge in [-0.3, -0.25) is 0 Å². The van der Waals surface area contributed by atoms with Crippen molar-refractivity contribution in [1.29, 1.82) is 0 Å². The molecule has 21 heavy (non-hydrogen) atoms. The van der Waals surface area contributed by atoms with E-state index in [0.717, 1.165) is 31.1 Å². The Morgan fingerprint density at radius 1 is 1.48 bits per heavy atom. The third kappa shape index (κ3) is 3.34. The number of nitrogen functional groups attached to an aromatic ring is 1. The molecule has 2 aromatic rings. The van der Waals surface area contributed by atoms with E-state index < -0.39 is 5.97 Å². The van der Waals surface area contributed by atoms with Crippen molar-refractivity contribution < 1.29 is 9.90 Å². The highest BCUT2D eigenvalue weighted by Gasteiger charge is 2.11. The highest BCUT2D eigenvalue weighted by atomic mass is 16.4. The number of hydrogen-bond acceptors (Lipinski definition) is 4. The minimum absolute atomic E-state index is 0.206. The first kappa shape index (κ1) is 14.9. The molecule has 0 fully saturated rings. The molecule has 0 saturated carbocycles. The Labute approximate surface area is 123 Å². The number of imidazole rings is 1.